The summed E-state index contributed by atoms with van der Waals surface area (Å²) in [7, 11) is 0. The Bertz CT molecular complexity index is 634. The molecule has 0 saturated heterocycles. The number of carboxylic acids is 1. The minimum atomic E-state index is -4.70. The largest absolute Gasteiger partial charge is 0.507 e. The molecule has 0 spiro atoms. The molecule has 1 aromatic heterocycles. The summed E-state index contributed by atoms with van der Waals surface area (Å²) in [4.78, 5) is 10.6. The summed E-state index contributed by atoms with van der Waals surface area (Å²) in [5.74, 6) is -2.29. The number of phenolic OH excluding ortho intramolecular Hbond substituents is 1. The number of nitrogens with one attached hydrogen (secondary N) is 1. The zero-order valence-electron chi connectivity index (χ0n) is 9.19. The number of halogens is 3. The Balaban J connectivity index is 2.54. The van der Waals surface area contributed by atoms with Gasteiger partial charge in [0.2, 0.25) is 0 Å². The van der Waals surface area contributed by atoms with E-state index in [0.29, 0.717) is 0 Å². The van der Waals surface area contributed by atoms with Crippen LogP contribution in [0.1, 0.15) is 16.1 Å². The molecule has 1 aromatic carbocycles. The molecule has 2 rings (SSSR count). The van der Waals surface area contributed by atoms with E-state index >= 15 is 0 Å². The number of rotatable bonds is 2. The molecule has 3 N–H and O–H groups in total. The lowest BCUT2D eigenvalue weighted by Crippen LogP contribution is -2.05. The fourth-order valence-electron chi connectivity index (χ4n) is 1.55. The van der Waals surface area contributed by atoms with E-state index in [1.165, 1.54) is 6.07 Å². The van der Waals surface area contributed by atoms with Gasteiger partial charge >= 0.3 is 12.1 Å². The van der Waals surface area contributed by atoms with Gasteiger partial charge in [-0.2, -0.15) is 18.3 Å². The van der Waals surface area contributed by atoms with Crippen LogP contribution in [0.3, 0.4) is 0 Å². The van der Waals surface area contributed by atoms with E-state index in [-0.39, 0.29) is 17.0 Å². The van der Waals surface area contributed by atoms with Crippen LogP contribution in [0.4, 0.5) is 13.2 Å². The lowest BCUT2D eigenvalue weighted by Gasteiger charge is -2.10. The topological polar surface area (TPSA) is 86.2 Å². The van der Waals surface area contributed by atoms with Crippen molar-refractivity contribution in [3.8, 4) is 17.0 Å². The van der Waals surface area contributed by atoms with E-state index < -0.39 is 23.5 Å². The predicted octanol–water partition coefficient (Wildman–Crippen LogP) is 2.50. The fourth-order valence-corrected chi connectivity index (χ4v) is 1.55. The summed E-state index contributed by atoms with van der Waals surface area (Å²) >= 11 is 0. The maximum atomic E-state index is 12.6. The van der Waals surface area contributed by atoms with Crippen molar-refractivity contribution in [3.05, 3.63) is 35.5 Å². The second-order valence-electron chi connectivity index (χ2n) is 3.67. The average molecular weight is 272 g/mol. The molecule has 0 atom stereocenters. The predicted molar refractivity (Wildman–Crippen MR) is 57.6 cm³/mol. The maximum absolute atomic E-state index is 12.6. The van der Waals surface area contributed by atoms with Gasteiger partial charge in [0, 0.05) is 5.56 Å². The van der Waals surface area contributed by atoms with Crippen molar-refractivity contribution in [1.29, 1.82) is 0 Å². The SMILES string of the molecule is O=C(O)c1cc(-c2cccc(C(F)(F)F)c2O)n[nH]1. The van der Waals surface area contributed by atoms with Crippen molar-refractivity contribution in [2.24, 2.45) is 0 Å². The first-order valence-electron chi connectivity index (χ1n) is 4.99. The number of aromatic amines is 1. The highest BCUT2D eigenvalue weighted by Gasteiger charge is 2.35. The van der Waals surface area contributed by atoms with Crippen LogP contribution in [0.25, 0.3) is 11.3 Å². The van der Waals surface area contributed by atoms with Crippen molar-refractivity contribution in [1.82, 2.24) is 10.2 Å². The third kappa shape index (κ3) is 2.37. The monoisotopic (exact) mass is 272 g/mol. The van der Waals surface area contributed by atoms with Crippen LogP contribution in [-0.4, -0.2) is 26.4 Å². The quantitative estimate of drug-likeness (QED) is 0.784. The van der Waals surface area contributed by atoms with E-state index in [2.05, 4.69) is 10.2 Å². The molecule has 8 heteroatoms. The molecule has 0 radical (unpaired) electrons. The van der Waals surface area contributed by atoms with Gasteiger partial charge in [0.1, 0.15) is 11.4 Å². The lowest BCUT2D eigenvalue weighted by molar-refractivity contribution is -0.138. The summed E-state index contributed by atoms with van der Waals surface area (Å²) in [5.41, 5.74) is -1.77. The van der Waals surface area contributed by atoms with Crippen molar-refractivity contribution in [3.63, 3.8) is 0 Å². The zero-order valence-corrected chi connectivity index (χ0v) is 9.19. The molecular weight excluding hydrogens is 265 g/mol. The fraction of sp³-hybridized carbons (Fsp3) is 0.0909. The van der Waals surface area contributed by atoms with Crippen LogP contribution in [0.5, 0.6) is 5.75 Å². The summed E-state index contributed by atoms with van der Waals surface area (Å²) in [6.45, 7) is 0. The third-order valence-electron chi connectivity index (χ3n) is 2.43. The minimum Gasteiger partial charge on any atom is -0.507 e. The van der Waals surface area contributed by atoms with E-state index in [0.717, 1.165) is 18.2 Å². The van der Waals surface area contributed by atoms with Gasteiger partial charge in [-0.05, 0) is 18.2 Å². The molecule has 0 aliphatic rings. The molecule has 0 aliphatic carbocycles. The molecule has 5 nitrogen and oxygen atoms in total. The van der Waals surface area contributed by atoms with E-state index in [9.17, 15) is 23.1 Å². The van der Waals surface area contributed by atoms with Gasteiger partial charge in [0.15, 0.2) is 0 Å². The summed E-state index contributed by atoms with van der Waals surface area (Å²) in [6.07, 6.45) is -4.70. The van der Waals surface area contributed by atoms with Crippen LogP contribution in [-0.2, 0) is 6.18 Å². The number of phenols is 1. The van der Waals surface area contributed by atoms with Crippen LogP contribution >= 0.6 is 0 Å². The highest BCUT2D eigenvalue weighted by molar-refractivity contribution is 5.87. The second kappa shape index (κ2) is 4.30. The number of carboxylic acid groups (broad SMARTS) is 1. The number of hydrogen-bond acceptors (Lipinski definition) is 3. The molecule has 2 aromatic rings. The number of aromatic carboxylic acids is 1. The Morgan fingerprint density at radius 3 is 2.53 bits per heavy atom. The van der Waals surface area contributed by atoms with Gasteiger partial charge in [0.05, 0.1) is 11.3 Å². The first-order chi connectivity index (χ1) is 8.80. The number of alkyl halides is 3. The Kier molecular flexibility index (Phi) is 2.93. The van der Waals surface area contributed by atoms with Crippen molar-refractivity contribution < 1.29 is 28.2 Å². The second-order valence-corrected chi connectivity index (χ2v) is 3.67. The number of aromatic hydroxyl groups is 1. The van der Waals surface area contributed by atoms with Crippen molar-refractivity contribution in [2.45, 2.75) is 6.18 Å². The van der Waals surface area contributed by atoms with Gasteiger partial charge in [-0.1, -0.05) is 6.07 Å². The van der Waals surface area contributed by atoms with E-state index in [1.807, 2.05) is 0 Å². The highest BCUT2D eigenvalue weighted by atomic mass is 19.4. The molecule has 0 aliphatic heterocycles. The molecule has 0 bridgehead atoms. The normalized spacial score (nSPS) is 11.5. The minimum absolute atomic E-state index is 0.0824. The first-order valence-corrected chi connectivity index (χ1v) is 4.99. The first kappa shape index (κ1) is 12.9. The number of hydrogen-bond donors (Lipinski definition) is 3. The molecular formula is C11H7F3N2O3. The van der Waals surface area contributed by atoms with E-state index in [4.69, 9.17) is 5.11 Å². The smallest absolute Gasteiger partial charge is 0.419 e. The zero-order chi connectivity index (χ0) is 14.2. The number of aromatic nitrogens is 2. The third-order valence-corrected chi connectivity index (χ3v) is 2.43. The highest BCUT2D eigenvalue weighted by Crippen LogP contribution is 2.40. The molecule has 1 heterocycles. The number of nitrogens with zero attached hydrogens (tertiary/aromatic N) is 1. The average Bonchev–Trinajstić information content (AvgIpc) is 2.77. The Morgan fingerprint density at radius 1 is 1.32 bits per heavy atom. The van der Waals surface area contributed by atoms with Crippen molar-refractivity contribution in [2.75, 3.05) is 0 Å². The van der Waals surface area contributed by atoms with Crippen LogP contribution in [0.2, 0.25) is 0 Å². The summed E-state index contributed by atoms with van der Waals surface area (Å²) in [5, 5.41) is 24.0. The van der Waals surface area contributed by atoms with Crippen molar-refractivity contribution >= 4 is 5.97 Å². The van der Waals surface area contributed by atoms with Gasteiger partial charge in [-0.15, -0.1) is 0 Å². The molecule has 0 fully saturated rings. The van der Waals surface area contributed by atoms with Crippen LogP contribution < -0.4 is 0 Å². The maximum Gasteiger partial charge on any atom is 0.419 e. The van der Waals surface area contributed by atoms with Gasteiger partial charge in [-0.25, -0.2) is 4.79 Å². The Hall–Kier alpha value is -2.51. The number of para-hydroxylation sites is 1. The Morgan fingerprint density at radius 2 is 2.00 bits per heavy atom. The lowest BCUT2D eigenvalue weighted by atomic mass is 10.1. The number of carbonyl (C=O) groups is 1. The molecule has 100 valence electrons. The van der Waals surface area contributed by atoms with Crippen LogP contribution in [0, 0.1) is 0 Å². The summed E-state index contributed by atoms with van der Waals surface area (Å²) in [6, 6.07) is 4.08. The molecule has 0 amide bonds. The number of H-pyrrole nitrogens is 1. The molecule has 0 unspecified atom stereocenters. The van der Waals surface area contributed by atoms with Gasteiger partial charge in [0.25, 0.3) is 0 Å². The molecule has 19 heavy (non-hydrogen) atoms. The number of benzene rings is 1. The van der Waals surface area contributed by atoms with E-state index in [1.54, 1.807) is 0 Å². The van der Waals surface area contributed by atoms with Crippen LogP contribution in [0.15, 0.2) is 24.3 Å². The summed E-state index contributed by atoms with van der Waals surface area (Å²) < 4.78 is 37.8. The standard InChI is InChI=1S/C11H7F3N2O3/c12-11(13,14)6-3-1-2-5(9(6)17)7-4-8(10(18)19)16-15-7/h1-4,17H,(H,15,16)(H,18,19). The molecule has 0 saturated carbocycles. The Labute approximate surface area is 104 Å². The van der Waals surface area contributed by atoms with Gasteiger partial charge in [-0.3, -0.25) is 5.10 Å². The van der Waals surface area contributed by atoms with Gasteiger partial charge < -0.3 is 10.2 Å².